The van der Waals surface area contributed by atoms with Gasteiger partial charge >= 0.3 is 0 Å². The first kappa shape index (κ1) is 19.9. The van der Waals surface area contributed by atoms with Crippen molar-refractivity contribution in [2.45, 2.75) is 13.3 Å². The summed E-state index contributed by atoms with van der Waals surface area (Å²) >= 11 is 0. The van der Waals surface area contributed by atoms with Crippen LogP contribution in [0.25, 0.3) is 11.3 Å². The monoisotopic (exact) mass is 394 g/mol. The van der Waals surface area contributed by atoms with Crippen molar-refractivity contribution < 1.29 is 19.4 Å². The van der Waals surface area contributed by atoms with Crippen molar-refractivity contribution in [2.75, 3.05) is 14.2 Å². The van der Waals surface area contributed by atoms with Crippen LogP contribution in [0, 0.1) is 0 Å². The minimum absolute atomic E-state index is 0.172. The van der Waals surface area contributed by atoms with Crippen molar-refractivity contribution in [3.8, 4) is 28.5 Å². The van der Waals surface area contributed by atoms with Crippen molar-refractivity contribution in [3.05, 3.63) is 59.8 Å². The molecule has 150 valence electrons. The van der Waals surface area contributed by atoms with Gasteiger partial charge in [0.05, 0.1) is 25.6 Å². The number of aromatic hydroxyl groups is 1. The molecule has 1 heterocycles. The summed E-state index contributed by atoms with van der Waals surface area (Å²) in [4.78, 5) is 12.5. The van der Waals surface area contributed by atoms with Crippen LogP contribution in [0.15, 0.2) is 53.6 Å². The van der Waals surface area contributed by atoms with Crippen LogP contribution >= 0.6 is 0 Å². The molecule has 0 saturated heterocycles. The van der Waals surface area contributed by atoms with E-state index in [1.807, 2.05) is 6.92 Å². The van der Waals surface area contributed by atoms with Crippen molar-refractivity contribution in [1.82, 2.24) is 15.6 Å². The highest BCUT2D eigenvalue weighted by Gasteiger charge is 2.15. The molecule has 0 saturated carbocycles. The number of aromatic amines is 1. The lowest BCUT2D eigenvalue weighted by atomic mass is 10.1. The van der Waals surface area contributed by atoms with Gasteiger partial charge in [0.1, 0.15) is 22.9 Å². The van der Waals surface area contributed by atoms with Crippen LogP contribution in [-0.2, 0) is 0 Å². The van der Waals surface area contributed by atoms with Gasteiger partial charge < -0.3 is 14.6 Å². The zero-order valence-electron chi connectivity index (χ0n) is 16.4. The fourth-order valence-electron chi connectivity index (χ4n) is 2.77. The number of carbonyl (C=O) groups is 1. The average molecular weight is 394 g/mol. The third-order valence-corrected chi connectivity index (χ3v) is 4.33. The largest absolute Gasteiger partial charge is 0.508 e. The molecule has 3 aromatic rings. The number of hydrogen-bond donors (Lipinski definition) is 3. The number of amides is 1. The second-order valence-electron chi connectivity index (χ2n) is 6.13. The molecule has 8 heteroatoms. The molecule has 2 aromatic carbocycles. The first-order valence-corrected chi connectivity index (χ1v) is 8.99. The van der Waals surface area contributed by atoms with E-state index in [1.165, 1.54) is 0 Å². The molecule has 0 aliphatic heterocycles. The Morgan fingerprint density at radius 3 is 2.55 bits per heavy atom. The molecular weight excluding hydrogens is 372 g/mol. The molecule has 0 aliphatic carbocycles. The molecule has 0 radical (unpaired) electrons. The third-order valence-electron chi connectivity index (χ3n) is 4.33. The van der Waals surface area contributed by atoms with E-state index in [4.69, 9.17) is 9.47 Å². The first-order chi connectivity index (χ1) is 14.0. The lowest BCUT2D eigenvalue weighted by Gasteiger charge is -2.08. The summed E-state index contributed by atoms with van der Waals surface area (Å²) in [5, 5.41) is 20.5. The van der Waals surface area contributed by atoms with Crippen molar-refractivity contribution >= 4 is 11.6 Å². The zero-order valence-corrected chi connectivity index (χ0v) is 16.4. The number of carbonyl (C=O) groups excluding carboxylic acids is 1. The molecule has 3 rings (SSSR count). The van der Waals surface area contributed by atoms with Crippen LogP contribution in [0.4, 0.5) is 0 Å². The number of nitrogens with one attached hydrogen (secondary N) is 2. The molecular formula is C21H22N4O4. The Morgan fingerprint density at radius 1 is 1.14 bits per heavy atom. The lowest BCUT2D eigenvalue weighted by molar-refractivity contribution is 0.0950. The zero-order chi connectivity index (χ0) is 20.8. The van der Waals surface area contributed by atoms with Gasteiger partial charge in [-0.25, -0.2) is 5.43 Å². The van der Waals surface area contributed by atoms with Crippen molar-refractivity contribution in [1.29, 1.82) is 0 Å². The van der Waals surface area contributed by atoms with E-state index in [-0.39, 0.29) is 11.4 Å². The summed E-state index contributed by atoms with van der Waals surface area (Å²) in [5.74, 6) is 1.02. The smallest absolute Gasteiger partial charge is 0.289 e. The summed E-state index contributed by atoms with van der Waals surface area (Å²) in [6, 6.07) is 13.6. The van der Waals surface area contributed by atoms with Gasteiger partial charge in [0, 0.05) is 5.56 Å². The predicted octanol–water partition coefficient (Wildman–Crippen LogP) is 3.34. The normalized spacial score (nSPS) is 11.2. The van der Waals surface area contributed by atoms with Gasteiger partial charge in [-0.2, -0.15) is 10.2 Å². The summed E-state index contributed by atoms with van der Waals surface area (Å²) < 4.78 is 10.6. The van der Waals surface area contributed by atoms with E-state index in [0.717, 1.165) is 5.56 Å². The second-order valence-corrected chi connectivity index (χ2v) is 6.13. The number of benzene rings is 2. The van der Waals surface area contributed by atoms with E-state index >= 15 is 0 Å². The molecule has 8 nitrogen and oxygen atoms in total. The Kier molecular flexibility index (Phi) is 6.13. The molecule has 29 heavy (non-hydrogen) atoms. The number of H-pyrrole nitrogens is 1. The number of rotatable bonds is 7. The number of methoxy groups -OCH3 is 2. The third kappa shape index (κ3) is 4.55. The number of phenols is 1. The number of hydrogen-bond acceptors (Lipinski definition) is 6. The fourth-order valence-corrected chi connectivity index (χ4v) is 2.77. The molecule has 0 atom stereocenters. The highest BCUT2D eigenvalue weighted by molar-refractivity contribution is 6.02. The van der Waals surface area contributed by atoms with Crippen LogP contribution in [0.1, 0.15) is 29.4 Å². The minimum Gasteiger partial charge on any atom is -0.508 e. The van der Waals surface area contributed by atoms with E-state index in [1.54, 1.807) is 62.8 Å². The van der Waals surface area contributed by atoms with Crippen LogP contribution in [0.3, 0.4) is 0 Å². The number of ether oxygens (including phenoxy) is 2. The van der Waals surface area contributed by atoms with E-state index in [2.05, 4.69) is 20.7 Å². The van der Waals surface area contributed by atoms with Gasteiger partial charge in [-0.05, 0) is 60.5 Å². The minimum atomic E-state index is -0.421. The van der Waals surface area contributed by atoms with Crippen LogP contribution in [0.5, 0.6) is 17.2 Å². The Hall–Kier alpha value is -3.81. The van der Waals surface area contributed by atoms with Crippen molar-refractivity contribution in [3.63, 3.8) is 0 Å². The van der Waals surface area contributed by atoms with Gasteiger partial charge in [-0.15, -0.1) is 0 Å². The lowest BCUT2D eigenvalue weighted by Crippen LogP contribution is -2.20. The summed E-state index contributed by atoms with van der Waals surface area (Å²) in [5.41, 5.74) is 5.55. The van der Waals surface area contributed by atoms with Gasteiger partial charge in [0.2, 0.25) is 0 Å². The maximum atomic E-state index is 12.5. The van der Waals surface area contributed by atoms with Crippen LogP contribution in [-0.4, -0.2) is 41.1 Å². The van der Waals surface area contributed by atoms with Gasteiger partial charge in [-0.1, -0.05) is 6.92 Å². The molecule has 0 spiro atoms. The summed E-state index contributed by atoms with van der Waals surface area (Å²) in [7, 11) is 3.14. The topological polar surface area (TPSA) is 109 Å². The molecule has 0 unspecified atom stereocenters. The molecule has 0 fully saturated rings. The highest BCUT2D eigenvalue weighted by atomic mass is 16.5. The Bertz CT molecular complexity index is 1030. The van der Waals surface area contributed by atoms with Crippen molar-refractivity contribution in [2.24, 2.45) is 5.10 Å². The fraction of sp³-hybridized carbons (Fsp3) is 0.190. The number of hydrazone groups is 1. The average Bonchev–Trinajstić information content (AvgIpc) is 3.25. The molecule has 0 aliphatic rings. The molecule has 1 aromatic heterocycles. The van der Waals surface area contributed by atoms with Gasteiger partial charge in [-0.3, -0.25) is 9.89 Å². The van der Waals surface area contributed by atoms with Crippen LogP contribution in [0.2, 0.25) is 0 Å². The van der Waals surface area contributed by atoms with Gasteiger partial charge in [0.15, 0.2) is 0 Å². The van der Waals surface area contributed by atoms with Gasteiger partial charge in [0.25, 0.3) is 5.91 Å². The van der Waals surface area contributed by atoms with E-state index < -0.39 is 5.91 Å². The maximum Gasteiger partial charge on any atom is 0.289 e. The SMILES string of the molecule is CCC(=NNC(=O)c1cc(-c2cc(OC)ccc2OC)n[nH]1)c1ccc(O)cc1. The quantitative estimate of drug-likeness (QED) is 0.421. The highest BCUT2D eigenvalue weighted by Crippen LogP contribution is 2.32. The molecule has 1 amide bonds. The summed E-state index contributed by atoms with van der Waals surface area (Å²) in [6.07, 6.45) is 0.611. The molecule has 3 N–H and O–H groups in total. The standard InChI is InChI=1S/C21H22N4O4/c1-4-17(13-5-7-14(26)8-6-13)22-25-21(27)19-12-18(23-24-19)16-11-15(28-2)9-10-20(16)29-3/h5-12,26H,4H2,1-3H3,(H,23,24)(H,25,27). The number of phenolic OH excluding ortho intramolecular Hbond substituents is 1. The predicted molar refractivity (Wildman–Crippen MR) is 110 cm³/mol. The van der Waals surface area contributed by atoms with E-state index in [0.29, 0.717) is 34.9 Å². The number of aromatic nitrogens is 2. The number of nitrogens with zero attached hydrogens (tertiary/aromatic N) is 2. The molecule has 0 bridgehead atoms. The Labute approximate surface area is 168 Å². The van der Waals surface area contributed by atoms with E-state index in [9.17, 15) is 9.90 Å². The first-order valence-electron chi connectivity index (χ1n) is 8.99. The van der Waals surface area contributed by atoms with Crippen LogP contribution < -0.4 is 14.9 Å². The Morgan fingerprint density at radius 2 is 1.90 bits per heavy atom. The second kappa shape index (κ2) is 8.92. The Balaban J connectivity index is 1.80. The summed E-state index contributed by atoms with van der Waals surface area (Å²) in [6.45, 7) is 1.93. The maximum absolute atomic E-state index is 12.5.